The second-order valence-electron chi connectivity index (χ2n) is 14.6. The molecule has 11 rings (SSSR count). The van der Waals surface area contributed by atoms with Gasteiger partial charge in [0.15, 0.2) is 5.82 Å². The van der Waals surface area contributed by atoms with Crippen molar-refractivity contribution in [1.29, 1.82) is 0 Å². The molecule has 0 atom stereocenters. The molecule has 5 nitrogen and oxygen atoms in total. The second kappa shape index (κ2) is 14.7. The molecule has 0 amide bonds. The van der Waals surface area contributed by atoms with Crippen molar-refractivity contribution in [2.75, 3.05) is 0 Å². The zero-order valence-corrected chi connectivity index (χ0v) is 32.5. The second-order valence-corrected chi connectivity index (χ2v) is 15.1. The number of nitrogens with zero attached hydrogens (tertiary/aromatic N) is 5. The van der Waals surface area contributed by atoms with Crippen molar-refractivity contribution in [1.82, 2.24) is 23.7 Å². The summed E-state index contributed by atoms with van der Waals surface area (Å²) < 4.78 is 9.21. The van der Waals surface area contributed by atoms with Crippen LogP contribution in [-0.2, 0) is 0 Å². The van der Waals surface area contributed by atoms with E-state index in [1.807, 2.05) is 24.3 Å². The molecule has 0 fully saturated rings. The Labute approximate surface area is 345 Å². The molecular weight excluding hydrogens is 739 g/mol. The largest absolute Gasteiger partial charge is 0.247 e. The van der Waals surface area contributed by atoms with Crippen molar-refractivity contribution in [3.63, 3.8) is 0 Å². The van der Waals surface area contributed by atoms with E-state index in [1.54, 1.807) is 0 Å². The minimum atomic E-state index is 0.680. The number of aromatic nitrogens is 5. The zero-order chi connectivity index (χ0) is 39.1. The number of pyridine rings is 1. The van der Waals surface area contributed by atoms with Gasteiger partial charge in [-0.25, -0.2) is 15.0 Å². The van der Waals surface area contributed by atoms with Gasteiger partial charge in [-0.3, -0.25) is 0 Å². The monoisotopic (exact) mass is 771 g/mol. The standard InChI is InChI=1S/C53H33N5S/c1-3-10-34(11-4-1)36-18-24-39(25-19-36)48-33-49(56-53(55-48)41-28-22-37(23-29-41)35-12-5-2-6-13-35)43-15-9-14-42(32-43)38-20-26-40(27-21-38)51-45-30-31-47-52(58-59-57-47)50(45)44-16-7-8-17-46(44)54-51/h1-33H. The molecule has 0 saturated heterocycles. The van der Waals surface area contributed by atoms with Crippen molar-refractivity contribution < 1.29 is 0 Å². The third kappa shape index (κ3) is 6.52. The maximum absolute atomic E-state index is 5.20. The number of benzene rings is 8. The van der Waals surface area contributed by atoms with E-state index >= 15 is 0 Å². The highest BCUT2D eigenvalue weighted by Crippen LogP contribution is 2.38. The van der Waals surface area contributed by atoms with Gasteiger partial charge in [0.1, 0.15) is 11.0 Å². The highest BCUT2D eigenvalue weighted by atomic mass is 32.1. The Hall–Kier alpha value is -7.67. The van der Waals surface area contributed by atoms with Crippen LogP contribution < -0.4 is 0 Å². The minimum absolute atomic E-state index is 0.680. The third-order valence-electron chi connectivity index (χ3n) is 11.0. The molecule has 0 unspecified atom stereocenters. The van der Waals surface area contributed by atoms with Crippen molar-refractivity contribution >= 4 is 44.4 Å². The Morgan fingerprint density at radius 3 is 1.53 bits per heavy atom. The fraction of sp³-hybridized carbons (Fsp3) is 0. The summed E-state index contributed by atoms with van der Waals surface area (Å²) in [6, 6.07) is 69.9. The third-order valence-corrected chi connectivity index (χ3v) is 11.5. The maximum Gasteiger partial charge on any atom is 0.160 e. The lowest BCUT2D eigenvalue weighted by molar-refractivity contribution is 1.18. The molecule has 0 aliphatic carbocycles. The van der Waals surface area contributed by atoms with Gasteiger partial charge in [0.25, 0.3) is 0 Å². The van der Waals surface area contributed by atoms with E-state index in [0.29, 0.717) is 5.82 Å². The highest BCUT2D eigenvalue weighted by molar-refractivity contribution is 7.00. The fourth-order valence-corrected chi connectivity index (χ4v) is 8.50. The first-order valence-corrected chi connectivity index (χ1v) is 20.3. The lowest BCUT2D eigenvalue weighted by Gasteiger charge is -2.12. The minimum Gasteiger partial charge on any atom is -0.247 e. The Morgan fingerprint density at radius 2 is 0.831 bits per heavy atom. The smallest absolute Gasteiger partial charge is 0.160 e. The number of para-hydroxylation sites is 1. The summed E-state index contributed by atoms with van der Waals surface area (Å²) >= 11 is 1.25. The highest BCUT2D eigenvalue weighted by Gasteiger charge is 2.16. The van der Waals surface area contributed by atoms with Crippen LogP contribution in [0.4, 0.5) is 0 Å². The molecule has 0 radical (unpaired) electrons. The molecule has 0 aliphatic rings. The number of hydrogen-bond donors (Lipinski definition) is 0. The lowest BCUT2D eigenvalue weighted by Crippen LogP contribution is -1.96. The first kappa shape index (κ1) is 34.6. The van der Waals surface area contributed by atoms with Gasteiger partial charge in [-0.15, -0.1) is 0 Å². The van der Waals surface area contributed by atoms with Crippen molar-refractivity contribution in [3.05, 3.63) is 200 Å². The molecule has 6 heteroatoms. The van der Waals surface area contributed by atoms with E-state index in [9.17, 15) is 0 Å². The molecular formula is C53H33N5S. The molecule has 0 saturated carbocycles. The fourth-order valence-electron chi connectivity index (χ4n) is 7.96. The van der Waals surface area contributed by atoms with Crippen molar-refractivity contribution in [3.8, 4) is 78.5 Å². The first-order chi connectivity index (χ1) is 29.2. The normalized spacial score (nSPS) is 11.4. The molecule has 0 spiro atoms. The molecule has 59 heavy (non-hydrogen) atoms. The van der Waals surface area contributed by atoms with E-state index in [2.05, 4.69) is 185 Å². The molecule has 11 aromatic rings. The summed E-state index contributed by atoms with van der Waals surface area (Å²) in [5, 5.41) is 3.25. The van der Waals surface area contributed by atoms with Crippen molar-refractivity contribution in [2.45, 2.75) is 0 Å². The Balaban J connectivity index is 0.972. The van der Waals surface area contributed by atoms with Crippen LogP contribution in [0.2, 0.25) is 0 Å². The molecule has 0 aliphatic heterocycles. The van der Waals surface area contributed by atoms with Crippen LogP contribution >= 0.6 is 11.7 Å². The van der Waals surface area contributed by atoms with Crippen LogP contribution in [0.5, 0.6) is 0 Å². The van der Waals surface area contributed by atoms with E-state index in [1.165, 1.54) is 22.9 Å². The average molecular weight is 772 g/mol. The van der Waals surface area contributed by atoms with Gasteiger partial charge in [0, 0.05) is 38.4 Å². The molecule has 3 aromatic heterocycles. The van der Waals surface area contributed by atoms with Gasteiger partial charge in [0.2, 0.25) is 0 Å². The van der Waals surface area contributed by atoms with E-state index in [-0.39, 0.29) is 0 Å². The first-order valence-electron chi connectivity index (χ1n) is 19.6. The summed E-state index contributed by atoms with van der Waals surface area (Å²) in [6.45, 7) is 0. The summed E-state index contributed by atoms with van der Waals surface area (Å²) in [5.41, 5.74) is 16.4. The molecule has 276 valence electrons. The summed E-state index contributed by atoms with van der Waals surface area (Å²) in [6.07, 6.45) is 0. The van der Waals surface area contributed by atoms with Gasteiger partial charge < -0.3 is 0 Å². The number of hydrogen-bond acceptors (Lipinski definition) is 6. The molecule has 3 heterocycles. The van der Waals surface area contributed by atoms with E-state index in [0.717, 1.165) is 94.3 Å². The Kier molecular flexibility index (Phi) is 8.60. The van der Waals surface area contributed by atoms with Gasteiger partial charge in [-0.2, -0.15) is 8.75 Å². The summed E-state index contributed by atoms with van der Waals surface area (Å²) in [5.74, 6) is 0.680. The van der Waals surface area contributed by atoms with Crippen LogP contribution in [0.25, 0.3) is 111 Å². The summed E-state index contributed by atoms with van der Waals surface area (Å²) in [7, 11) is 0. The van der Waals surface area contributed by atoms with Crippen LogP contribution in [0.15, 0.2) is 200 Å². The predicted octanol–water partition coefficient (Wildman–Crippen LogP) is 13.9. The molecule has 0 bridgehead atoms. The van der Waals surface area contributed by atoms with Crippen LogP contribution in [0.3, 0.4) is 0 Å². The SMILES string of the molecule is c1ccc(-c2ccc(-c3cc(-c4cccc(-c5ccc(-c6nc7ccccc7c7c6ccc6nsnc67)cc5)c4)nc(-c4ccc(-c5ccccc5)cc4)n3)cc2)cc1. The van der Waals surface area contributed by atoms with Crippen molar-refractivity contribution in [2.24, 2.45) is 0 Å². The molecule has 8 aromatic carbocycles. The van der Waals surface area contributed by atoms with Gasteiger partial charge >= 0.3 is 0 Å². The predicted molar refractivity (Wildman–Crippen MR) is 244 cm³/mol. The van der Waals surface area contributed by atoms with Crippen LogP contribution in [-0.4, -0.2) is 23.7 Å². The van der Waals surface area contributed by atoms with Gasteiger partial charge in [-0.05, 0) is 63.7 Å². The number of fused-ring (bicyclic) bond motifs is 5. The van der Waals surface area contributed by atoms with Crippen LogP contribution in [0, 0.1) is 0 Å². The Morgan fingerprint density at radius 1 is 0.305 bits per heavy atom. The van der Waals surface area contributed by atoms with E-state index < -0.39 is 0 Å². The Bertz CT molecular complexity index is 3190. The maximum atomic E-state index is 5.20. The average Bonchev–Trinajstić information content (AvgIpc) is 3.81. The zero-order valence-electron chi connectivity index (χ0n) is 31.7. The van der Waals surface area contributed by atoms with Gasteiger partial charge in [0.05, 0.1) is 34.3 Å². The quantitative estimate of drug-likeness (QED) is 0.151. The molecule has 0 N–H and O–H groups in total. The lowest BCUT2D eigenvalue weighted by atomic mass is 9.96. The van der Waals surface area contributed by atoms with Gasteiger partial charge in [-0.1, -0.05) is 170 Å². The summed E-state index contributed by atoms with van der Waals surface area (Å²) in [4.78, 5) is 15.5. The topological polar surface area (TPSA) is 64.5 Å². The van der Waals surface area contributed by atoms with Crippen LogP contribution in [0.1, 0.15) is 0 Å². The van der Waals surface area contributed by atoms with E-state index in [4.69, 9.17) is 15.0 Å². The number of rotatable bonds is 7.